The normalized spacial score (nSPS) is 14.9. The van der Waals surface area contributed by atoms with Crippen LogP contribution < -0.4 is 0 Å². The molecule has 0 saturated carbocycles. The molecule has 0 spiro atoms. The van der Waals surface area contributed by atoms with Crippen LogP contribution in [0.15, 0.2) is 34.3 Å². The lowest BCUT2D eigenvalue weighted by atomic mass is 10.2. The number of hydrogen-bond acceptors (Lipinski definition) is 3. The minimum Gasteiger partial charge on any atom is -0.255 e. The van der Waals surface area contributed by atoms with Gasteiger partial charge in [-0.15, -0.1) is 4.91 Å². The third kappa shape index (κ3) is 2.60. The highest BCUT2D eigenvalue weighted by Crippen LogP contribution is 2.21. The number of rotatable bonds is 3. The molecule has 13 heavy (non-hydrogen) atoms. The first kappa shape index (κ1) is 10.3. The van der Waals surface area contributed by atoms with E-state index in [4.69, 9.17) is 11.6 Å². The molecule has 70 valence electrons. The Labute approximate surface area is 83.5 Å². The highest BCUT2D eigenvalue weighted by atomic mass is 35.5. The molecule has 2 unspecified atom stereocenters. The van der Waals surface area contributed by atoms with E-state index in [1.165, 1.54) is 0 Å². The number of nitrogens with zero attached hydrogens (tertiary/aromatic N) is 1. The molecule has 0 radical (unpaired) electrons. The summed E-state index contributed by atoms with van der Waals surface area (Å²) >= 11 is 5.57. The van der Waals surface area contributed by atoms with E-state index in [0.717, 1.165) is 0 Å². The van der Waals surface area contributed by atoms with Crippen molar-refractivity contribution in [1.29, 1.82) is 0 Å². The average molecular weight is 218 g/mol. The molecule has 5 heteroatoms. The fraction of sp³-hybridized carbons (Fsp3) is 0.250. The minimum atomic E-state index is -1.00. The Kier molecular flexibility index (Phi) is 3.57. The first-order valence-corrected chi connectivity index (χ1v) is 5.54. The average Bonchev–Trinajstić information content (AvgIpc) is 2.17. The Morgan fingerprint density at radius 3 is 2.31 bits per heavy atom. The SMILES string of the molecule is CS(=O)c1ccc(C(Cl)N=O)cc1. The van der Waals surface area contributed by atoms with Crippen LogP contribution in [0, 0.1) is 4.91 Å². The van der Waals surface area contributed by atoms with Crippen LogP contribution in [-0.4, -0.2) is 10.5 Å². The maximum absolute atomic E-state index is 11.0. The van der Waals surface area contributed by atoms with Crippen molar-refractivity contribution in [2.75, 3.05) is 6.26 Å². The molecule has 0 saturated heterocycles. The van der Waals surface area contributed by atoms with Crippen molar-refractivity contribution in [2.45, 2.75) is 10.4 Å². The van der Waals surface area contributed by atoms with Gasteiger partial charge in [0.15, 0.2) is 5.50 Å². The quantitative estimate of drug-likeness (QED) is 0.444. The van der Waals surface area contributed by atoms with Gasteiger partial charge in [-0.05, 0) is 22.9 Å². The van der Waals surface area contributed by atoms with Crippen molar-refractivity contribution in [3.63, 3.8) is 0 Å². The van der Waals surface area contributed by atoms with Gasteiger partial charge in [0, 0.05) is 22.0 Å². The largest absolute Gasteiger partial charge is 0.255 e. The van der Waals surface area contributed by atoms with Crippen molar-refractivity contribution in [1.82, 2.24) is 0 Å². The second kappa shape index (κ2) is 4.48. The minimum absolute atomic E-state index is 0.617. The molecule has 0 aromatic heterocycles. The van der Waals surface area contributed by atoms with Gasteiger partial charge in [-0.2, -0.15) is 0 Å². The lowest BCUT2D eigenvalue weighted by molar-refractivity contribution is 0.687. The number of alkyl halides is 1. The third-order valence-corrected chi connectivity index (χ3v) is 2.85. The van der Waals surface area contributed by atoms with Gasteiger partial charge in [0.25, 0.3) is 0 Å². The van der Waals surface area contributed by atoms with Crippen molar-refractivity contribution in [3.05, 3.63) is 34.7 Å². The Morgan fingerprint density at radius 1 is 1.38 bits per heavy atom. The van der Waals surface area contributed by atoms with Gasteiger partial charge in [-0.1, -0.05) is 23.7 Å². The molecular weight excluding hydrogens is 210 g/mol. The molecule has 0 aliphatic carbocycles. The van der Waals surface area contributed by atoms with Crippen molar-refractivity contribution < 1.29 is 4.21 Å². The maximum Gasteiger partial charge on any atom is 0.190 e. The zero-order valence-corrected chi connectivity index (χ0v) is 8.51. The lowest BCUT2D eigenvalue weighted by Crippen LogP contribution is -1.89. The highest BCUT2D eigenvalue weighted by Gasteiger charge is 2.06. The Hall–Kier alpha value is -0.740. The summed E-state index contributed by atoms with van der Waals surface area (Å²) in [6.45, 7) is 0. The van der Waals surface area contributed by atoms with E-state index in [2.05, 4.69) is 5.18 Å². The van der Waals surface area contributed by atoms with E-state index in [1.54, 1.807) is 30.5 Å². The number of halogens is 1. The van der Waals surface area contributed by atoms with E-state index in [1.807, 2.05) is 0 Å². The summed E-state index contributed by atoms with van der Waals surface area (Å²) in [5.41, 5.74) is -0.245. The zero-order valence-electron chi connectivity index (χ0n) is 6.94. The van der Waals surface area contributed by atoms with E-state index in [-0.39, 0.29) is 0 Å². The van der Waals surface area contributed by atoms with Crippen LogP contribution in [0.5, 0.6) is 0 Å². The second-order valence-corrected chi connectivity index (χ2v) is 4.26. The van der Waals surface area contributed by atoms with Crippen LogP contribution >= 0.6 is 11.6 Å². The van der Waals surface area contributed by atoms with Crippen LogP contribution in [0.4, 0.5) is 0 Å². The molecule has 3 nitrogen and oxygen atoms in total. The second-order valence-electron chi connectivity index (χ2n) is 2.46. The first-order chi connectivity index (χ1) is 6.15. The smallest absolute Gasteiger partial charge is 0.190 e. The van der Waals surface area contributed by atoms with Crippen molar-refractivity contribution in [3.8, 4) is 0 Å². The summed E-state index contributed by atoms with van der Waals surface area (Å²) in [4.78, 5) is 10.8. The van der Waals surface area contributed by atoms with Crippen LogP contribution in [0.2, 0.25) is 0 Å². The molecule has 0 aliphatic heterocycles. The van der Waals surface area contributed by atoms with Crippen molar-refractivity contribution in [2.24, 2.45) is 5.18 Å². The standard InChI is InChI=1S/C8H8ClNO2S/c1-13(12)7-4-2-6(3-5-7)8(9)10-11/h2-5,8H,1H3. The van der Waals surface area contributed by atoms with Gasteiger partial charge in [0.1, 0.15) is 0 Å². The van der Waals surface area contributed by atoms with Crippen molar-refractivity contribution >= 4 is 22.4 Å². The van der Waals surface area contributed by atoms with Crippen LogP contribution in [0.1, 0.15) is 11.1 Å². The Balaban J connectivity index is 2.93. The Morgan fingerprint density at radius 2 is 1.92 bits per heavy atom. The number of benzene rings is 1. The summed E-state index contributed by atoms with van der Waals surface area (Å²) in [5, 5.41) is 2.67. The maximum atomic E-state index is 11.0. The fourth-order valence-corrected chi connectivity index (χ4v) is 1.54. The molecule has 0 fully saturated rings. The van der Waals surface area contributed by atoms with E-state index in [0.29, 0.717) is 10.5 Å². The van der Waals surface area contributed by atoms with Gasteiger partial charge in [-0.3, -0.25) is 4.21 Å². The lowest BCUT2D eigenvalue weighted by Gasteiger charge is -2.01. The van der Waals surface area contributed by atoms with E-state index < -0.39 is 16.3 Å². The highest BCUT2D eigenvalue weighted by molar-refractivity contribution is 7.84. The Bertz CT molecular complexity index is 325. The molecule has 1 aromatic rings. The molecule has 0 N–H and O–H groups in total. The molecule has 0 bridgehead atoms. The number of hydrogen-bond donors (Lipinski definition) is 0. The van der Waals surface area contributed by atoms with Crippen LogP contribution in [-0.2, 0) is 10.8 Å². The number of nitroso groups, excluding NO2 is 1. The molecule has 2 atom stereocenters. The predicted molar refractivity (Wildman–Crippen MR) is 53.2 cm³/mol. The zero-order chi connectivity index (χ0) is 9.84. The van der Waals surface area contributed by atoms with Gasteiger partial charge in [0.05, 0.1) is 0 Å². The van der Waals surface area contributed by atoms with Gasteiger partial charge in [-0.25, -0.2) is 0 Å². The molecule has 1 aromatic carbocycles. The molecule has 0 heterocycles. The fourth-order valence-electron chi connectivity index (χ4n) is 0.879. The topological polar surface area (TPSA) is 46.5 Å². The van der Waals surface area contributed by atoms with Crippen LogP contribution in [0.25, 0.3) is 0 Å². The summed E-state index contributed by atoms with van der Waals surface area (Å²) < 4.78 is 11.0. The predicted octanol–water partition coefficient (Wildman–Crippen LogP) is 2.43. The summed E-state index contributed by atoms with van der Waals surface area (Å²) in [7, 11) is -1.00. The molecule has 1 rings (SSSR count). The monoisotopic (exact) mass is 217 g/mol. The van der Waals surface area contributed by atoms with Crippen LogP contribution in [0.3, 0.4) is 0 Å². The first-order valence-electron chi connectivity index (χ1n) is 3.55. The summed E-state index contributed by atoms with van der Waals surface area (Å²) in [5.74, 6) is 0. The van der Waals surface area contributed by atoms with E-state index >= 15 is 0 Å². The molecule has 0 aliphatic rings. The van der Waals surface area contributed by atoms with Gasteiger partial charge < -0.3 is 0 Å². The van der Waals surface area contributed by atoms with E-state index in [9.17, 15) is 9.12 Å². The van der Waals surface area contributed by atoms with Gasteiger partial charge >= 0.3 is 0 Å². The summed E-state index contributed by atoms with van der Waals surface area (Å²) in [6.07, 6.45) is 1.59. The molecular formula is C8H8ClNO2S. The summed E-state index contributed by atoms with van der Waals surface area (Å²) in [6, 6.07) is 6.64. The molecule has 0 amide bonds. The third-order valence-electron chi connectivity index (χ3n) is 1.58. The van der Waals surface area contributed by atoms with Gasteiger partial charge in [0.2, 0.25) is 0 Å².